The first kappa shape index (κ1) is 19.0. The van der Waals surface area contributed by atoms with Crippen LogP contribution in [-0.2, 0) is 23.8 Å². The fourth-order valence-electron chi connectivity index (χ4n) is 3.53. The van der Waals surface area contributed by atoms with E-state index in [9.17, 15) is 14.4 Å². The molecule has 1 saturated carbocycles. The minimum atomic E-state index is -1.10. The lowest BCUT2D eigenvalue weighted by Crippen LogP contribution is -2.44. The lowest BCUT2D eigenvalue weighted by atomic mass is 10.1. The third kappa shape index (κ3) is 3.81. The molecule has 2 heterocycles. The van der Waals surface area contributed by atoms with Crippen LogP contribution in [0.4, 0.5) is 0 Å². The van der Waals surface area contributed by atoms with Crippen LogP contribution in [0.15, 0.2) is 46.4 Å². The molecule has 0 unspecified atom stereocenters. The Morgan fingerprint density at radius 3 is 2.52 bits per heavy atom. The van der Waals surface area contributed by atoms with Crippen LogP contribution in [0.1, 0.15) is 48.7 Å². The minimum Gasteiger partial charge on any atom is -0.462 e. The Balaban J connectivity index is 1.55. The largest absolute Gasteiger partial charge is 0.462 e. The molecule has 0 N–H and O–H groups in total. The molecule has 4 rings (SSSR count). The van der Waals surface area contributed by atoms with E-state index < -0.39 is 23.7 Å². The summed E-state index contributed by atoms with van der Waals surface area (Å²) in [6.07, 6.45) is 4.07. The molecule has 150 valence electrons. The summed E-state index contributed by atoms with van der Waals surface area (Å²) in [4.78, 5) is 36.6. The van der Waals surface area contributed by atoms with Gasteiger partial charge in [-0.05, 0) is 44.0 Å². The number of carbonyl (C=O) groups is 3. The predicted octanol–water partition coefficient (Wildman–Crippen LogP) is 3.88. The van der Waals surface area contributed by atoms with Gasteiger partial charge in [0.15, 0.2) is 0 Å². The Hall–Kier alpha value is -3.35. The molecule has 1 aliphatic heterocycles. The van der Waals surface area contributed by atoms with E-state index in [1.54, 1.807) is 43.3 Å². The number of hydrogen-bond acceptors (Lipinski definition) is 7. The van der Waals surface area contributed by atoms with Crippen LogP contribution in [0.3, 0.4) is 0 Å². The first-order valence-corrected chi connectivity index (χ1v) is 9.55. The van der Waals surface area contributed by atoms with E-state index in [2.05, 4.69) is 0 Å². The van der Waals surface area contributed by atoms with Gasteiger partial charge in [-0.3, -0.25) is 0 Å². The first-order valence-electron chi connectivity index (χ1n) is 9.55. The number of benzene rings is 1. The Kier molecular flexibility index (Phi) is 4.96. The van der Waals surface area contributed by atoms with Crippen molar-refractivity contribution in [1.82, 2.24) is 0 Å². The highest BCUT2D eigenvalue weighted by Gasteiger charge is 2.48. The monoisotopic (exact) mass is 396 g/mol. The van der Waals surface area contributed by atoms with E-state index in [1.165, 1.54) is 6.08 Å². The van der Waals surface area contributed by atoms with E-state index in [0.717, 1.165) is 12.8 Å². The summed E-state index contributed by atoms with van der Waals surface area (Å²) in [5, 5.41) is 0. The molecule has 1 spiro atoms. The predicted molar refractivity (Wildman–Crippen MR) is 101 cm³/mol. The van der Waals surface area contributed by atoms with Crippen molar-refractivity contribution in [2.75, 3.05) is 6.61 Å². The van der Waals surface area contributed by atoms with Crippen molar-refractivity contribution >= 4 is 24.0 Å². The maximum absolute atomic E-state index is 12.3. The van der Waals surface area contributed by atoms with Gasteiger partial charge in [-0.15, -0.1) is 0 Å². The number of carbonyl (C=O) groups excluding carboxylic acids is 3. The van der Waals surface area contributed by atoms with E-state index in [4.69, 9.17) is 18.6 Å². The summed E-state index contributed by atoms with van der Waals surface area (Å²) in [5.74, 6) is -2.15. The molecule has 1 aliphatic carbocycles. The van der Waals surface area contributed by atoms with Crippen molar-refractivity contribution in [3.63, 3.8) is 0 Å². The van der Waals surface area contributed by atoms with E-state index in [-0.39, 0.29) is 12.2 Å². The lowest BCUT2D eigenvalue weighted by molar-refractivity contribution is -0.232. The summed E-state index contributed by atoms with van der Waals surface area (Å²) in [6, 6.07) is 10.1. The van der Waals surface area contributed by atoms with E-state index >= 15 is 0 Å². The van der Waals surface area contributed by atoms with Gasteiger partial charge in [0.2, 0.25) is 0 Å². The van der Waals surface area contributed by atoms with Crippen LogP contribution in [0.2, 0.25) is 0 Å². The van der Waals surface area contributed by atoms with Crippen LogP contribution in [-0.4, -0.2) is 30.3 Å². The van der Waals surface area contributed by atoms with Crippen molar-refractivity contribution in [1.29, 1.82) is 0 Å². The van der Waals surface area contributed by atoms with Crippen LogP contribution >= 0.6 is 0 Å². The molecule has 0 bridgehead atoms. The second-order valence-corrected chi connectivity index (χ2v) is 6.96. The lowest BCUT2D eigenvalue weighted by Gasteiger charge is -2.32. The van der Waals surface area contributed by atoms with Gasteiger partial charge in [0.05, 0.1) is 12.2 Å². The molecule has 2 aliphatic rings. The summed E-state index contributed by atoms with van der Waals surface area (Å²) < 4.78 is 21.5. The highest BCUT2D eigenvalue weighted by atomic mass is 16.7. The van der Waals surface area contributed by atoms with Crippen LogP contribution in [0, 0.1) is 0 Å². The fraction of sp³-hybridized carbons (Fsp3) is 0.318. The maximum atomic E-state index is 12.3. The molecule has 0 radical (unpaired) electrons. The van der Waals surface area contributed by atoms with Gasteiger partial charge in [0.25, 0.3) is 5.79 Å². The van der Waals surface area contributed by atoms with E-state index in [1.807, 2.05) is 0 Å². The van der Waals surface area contributed by atoms with Crippen molar-refractivity contribution in [3.05, 3.63) is 53.3 Å². The highest BCUT2D eigenvalue weighted by Crippen LogP contribution is 2.38. The number of ether oxygens (including phenoxy) is 3. The standard InChI is InChI=1S/C22H20O7/c1-2-26-19(23)15-7-5-6-14(12-15)18-9-8-16(27-18)13-17-20(24)28-22(29-21(17)25)10-3-4-11-22/h5-9,12-13H,2-4,10-11H2,1H3. The molecule has 7 nitrogen and oxygen atoms in total. The molecular weight excluding hydrogens is 376 g/mol. The zero-order chi connectivity index (χ0) is 20.4. The third-order valence-corrected chi connectivity index (χ3v) is 4.93. The minimum absolute atomic E-state index is 0.205. The van der Waals surface area contributed by atoms with Gasteiger partial charge < -0.3 is 18.6 Å². The smallest absolute Gasteiger partial charge is 0.349 e. The highest BCUT2D eigenvalue weighted by molar-refractivity contribution is 6.18. The molecule has 1 saturated heterocycles. The molecule has 1 aromatic heterocycles. The number of esters is 3. The number of rotatable bonds is 4. The Labute approximate surface area is 167 Å². The van der Waals surface area contributed by atoms with Crippen molar-refractivity contribution in [2.45, 2.75) is 38.4 Å². The first-order chi connectivity index (χ1) is 14.0. The summed E-state index contributed by atoms with van der Waals surface area (Å²) in [5.41, 5.74) is 0.865. The summed E-state index contributed by atoms with van der Waals surface area (Å²) in [6.45, 7) is 2.03. The molecule has 2 aromatic rings. The van der Waals surface area contributed by atoms with Crippen molar-refractivity contribution in [2.24, 2.45) is 0 Å². The Bertz CT molecular complexity index is 970. The second-order valence-electron chi connectivity index (χ2n) is 6.96. The maximum Gasteiger partial charge on any atom is 0.349 e. The number of furan rings is 1. The quantitative estimate of drug-likeness (QED) is 0.440. The Morgan fingerprint density at radius 2 is 1.83 bits per heavy atom. The zero-order valence-corrected chi connectivity index (χ0v) is 15.9. The number of hydrogen-bond donors (Lipinski definition) is 0. The van der Waals surface area contributed by atoms with Crippen LogP contribution in [0.25, 0.3) is 17.4 Å². The molecule has 7 heteroatoms. The average Bonchev–Trinajstić information content (AvgIpc) is 3.35. The molecule has 0 atom stereocenters. The Morgan fingerprint density at radius 1 is 1.10 bits per heavy atom. The van der Waals surface area contributed by atoms with Gasteiger partial charge in [-0.2, -0.15) is 0 Å². The zero-order valence-electron chi connectivity index (χ0n) is 15.9. The topological polar surface area (TPSA) is 92.0 Å². The van der Waals surface area contributed by atoms with Crippen molar-refractivity contribution < 1.29 is 33.0 Å². The second kappa shape index (κ2) is 7.58. The molecule has 29 heavy (non-hydrogen) atoms. The van der Waals surface area contributed by atoms with Crippen molar-refractivity contribution in [3.8, 4) is 11.3 Å². The summed E-state index contributed by atoms with van der Waals surface area (Å²) in [7, 11) is 0. The fourth-order valence-corrected chi connectivity index (χ4v) is 3.53. The van der Waals surface area contributed by atoms with Gasteiger partial charge in [-0.1, -0.05) is 12.1 Å². The van der Waals surface area contributed by atoms with Crippen LogP contribution in [0.5, 0.6) is 0 Å². The van der Waals surface area contributed by atoms with E-state index in [0.29, 0.717) is 35.5 Å². The molecule has 0 amide bonds. The van der Waals surface area contributed by atoms with Gasteiger partial charge in [-0.25, -0.2) is 14.4 Å². The average molecular weight is 396 g/mol. The molecular formula is C22H20O7. The summed E-state index contributed by atoms with van der Waals surface area (Å²) >= 11 is 0. The SMILES string of the molecule is CCOC(=O)c1cccc(-c2ccc(C=C3C(=O)OC4(CCCC4)OC3=O)o2)c1. The normalized spacial score (nSPS) is 17.8. The van der Waals surface area contributed by atoms with Crippen LogP contribution < -0.4 is 0 Å². The van der Waals surface area contributed by atoms with Gasteiger partial charge in [0, 0.05) is 24.5 Å². The van der Waals surface area contributed by atoms with Gasteiger partial charge in [0.1, 0.15) is 17.1 Å². The third-order valence-electron chi connectivity index (χ3n) is 4.93. The van der Waals surface area contributed by atoms with Gasteiger partial charge >= 0.3 is 17.9 Å². The molecule has 2 fully saturated rings. The molecule has 1 aromatic carbocycles.